The van der Waals surface area contributed by atoms with Gasteiger partial charge in [-0.15, -0.1) is 0 Å². The van der Waals surface area contributed by atoms with Crippen molar-refractivity contribution in [1.82, 2.24) is 19.9 Å². The van der Waals surface area contributed by atoms with Gasteiger partial charge in [-0.25, -0.2) is 9.97 Å². The van der Waals surface area contributed by atoms with E-state index < -0.39 is 0 Å². The Kier molecular flexibility index (Phi) is 4.52. The molecule has 0 spiro atoms. The van der Waals surface area contributed by atoms with Gasteiger partial charge in [0.25, 0.3) is 0 Å². The minimum Gasteiger partial charge on any atom is -0.383 e. The van der Waals surface area contributed by atoms with E-state index in [0.717, 1.165) is 30.8 Å². The molecular weight excluding hydrogens is 238 g/mol. The molecule has 19 heavy (non-hydrogen) atoms. The van der Waals surface area contributed by atoms with Crippen LogP contribution in [0.3, 0.4) is 0 Å². The first kappa shape index (κ1) is 13.5. The van der Waals surface area contributed by atoms with Crippen LogP contribution in [0.15, 0.2) is 30.7 Å². The Hall–Kier alpha value is -1.88. The van der Waals surface area contributed by atoms with E-state index in [2.05, 4.69) is 22.2 Å². The lowest BCUT2D eigenvalue weighted by Gasteiger charge is -2.19. The molecule has 0 bridgehead atoms. The molecule has 2 aromatic heterocycles. The van der Waals surface area contributed by atoms with E-state index in [1.54, 1.807) is 6.20 Å². The molecule has 0 saturated carbocycles. The SMILES string of the molecule is CCCNC(Cc1cccnc1N)c1nccn1C. The molecule has 2 rings (SSSR count). The minimum atomic E-state index is 0.159. The van der Waals surface area contributed by atoms with Gasteiger partial charge in [0, 0.05) is 25.6 Å². The Balaban J connectivity index is 2.19. The summed E-state index contributed by atoms with van der Waals surface area (Å²) in [5.41, 5.74) is 6.98. The molecule has 3 N–H and O–H groups in total. The fraction of sp³-hybridized carbons (Fsp3) is 0.429. The van der Waals surface area contributed by atoms with Gasteiger partial charge in [0.15, 0.2) is 0 Å². The summed E-state index contributed by atoms with van der Waals surface area (Å²) < 4.78 is 2.04. The van der Waals surface area contributed by atoms with Crippen LogP contribution in [0.2, 0.25) is 0 Å². The number of nitrogens with one attached hydrogen (secondary N) is 1. The van der Waals surface area contributed by atoms with Crippen LogP contribution in [0, 0.1) is 0 Å². The molecule has 0 aromatic carbocycles. The summed E-state index contributed by atoms with van der Waals surface area (Å²) in [5, 5.41) is 3.52. The highest BCUT2D eigenvalue weighted by atomic mass is 15.1. The molecule has 0 amide bonds. The zero-order valence-electron chi connectivity index (χ0n) is 11.5. The highest BCUT2D eigenvalue weighted by Gasteiger charge is 2.17. The molecule has 102 valence electrons. The van der Waals surface area contributed by atoms with Gasteiger partial charge in [-0.2, -0.15) is 0 Å². The van der Waals surface area contributed by atoms with Gasteiger partial charge >= 0.3 is 0 Å². The second-order valence-corrected chi connectivity index (χ2v) is 4.65. The van der Waals surface area contributed by atoms with Crippen LogP contribution in [-0.2, 0) is 13.5 Å². The monoisotopic (exact) mass is 259 g/mol. The average molecular weight is 259 g/mol. The van der Waals surface area contributed by atoms with Crippen molar-refractivity contribution in [2.75, 3.05) is 12.3 Å². The third-order valence-electron chi connectivity index (χ3n) is 3.16. The third kappa shape index (κ3) is 3.32. The van der Waals surface area contributed by atoms with Gasteiger partial charge in [0.1, 0.15) is 11.6 Å². The number of aromatic nitrogens is 3. The summed E-state index contributed by atoms with van der Waals surface area (Å²) in [6.45, 7) is 3.11. The van der Waals surface area contributed by atoms with Crippen LogP contribution < -0.4 is 11.1 Å². The minimum absolute atomic E-state index is 0.159. The highest BCUT2D eigenvalue weighted by molar-refractivity contribution is 5.39. The fourth-order valence-corrected chi connectivity index (χ4v) is 2.13. The summed E-state index contributed by atoms with van der Waals surface area (Å²) in [6, 6.07) is 4.10. The lowest BCUT2D eigenvalue weighted by molar-refractivity contribution is 0.491. The number of pyridine rings is 1. The predicted octanol–water partition coefficient (Wildman–Crippen LogP) is 1.68. The molecule has 0 saturated heterocycles. The summed E-state index contributed by atoms with van der Waals surface area (Å²) in [7, 11) is 2.01. The average Bonchev–Trinajstić information content (AvgIpc) is 2.83. The molecule has 0 aliphatic heterocycles. The quantitative estimate of drug-likeness (QED) is 0.828. The van der Waals surface area contributed by atoms with Crippen LogP contribution in [0.4, 0.5) is 5.82 Å². The molecule has 5 heteroatoms. The largest absolute Gasteiger partial charge is 0.383 e. The van der Waals surface area contributed by atoms with Crippen LogP contribution >= 0.6 is 0 Å². The first-order valence-corrected chi connectivity index (χ1v) is 6.62. The van der Waals surface area contributed by atoms with Crippen molar-refractivity contribution >= 4 is 5.82 Å². The molecule has 2 aromatic rings. The number of hydrogen-bond acceptors (Lipinski definition) is 4. The van der Waals surface area contributed by atoms with E-state index in [4.69, 9.17) is 5.73 Å². The standard InChI is InChI=1S/C14H21N5/c1-3-6-16-12(14-18-8-9-19(14)2)10-11-5-4-7-17-13(11)15/h4-5,7-9,12,16H,3,6,10H2,1-2H3,(H2,15,17). The van der Waals surface area contributed by atoms with Crippen molar-refractivity contribution in [3.63, 3.8) is 0 Å². The van der Waals surface area contributed by atoms with E-state index in [1.807, 2.05) is 36.1 Å². The Labute approximate surface area is 113 Å². The molecule has 0 aliphatic rings. The van der Waals surface area contributed by atoms with Crippen LogP contribution in [0.5, 0.6) is 0 Å². The maximum absolute atomic E-state index is 5.92. The number of rotatable bonds is 6. The zero-order chi connectivity index (χ0) is 13.7. The summed E-state index contributed by atoms with van der Waals surface area (Å²) in [6.07, 6.45) is 7.38. The Morgan fingerprint density at radius 1 is 1.37 bits per heavy atom. The molecule has 5 nitrogen and oxygen atoms in total. The van der Waals surface area contributed by atoms with Crippen molar-refractivity contribution in [2.45, 2.75) is 25.8 Å². The molecular formula is C14H21N5. The maximum atomic E-state index is 5.92. The molecule has 0 radical (unpaired) electrons. The van der Waals surface area contributed by atoms with Crippen LogP contribution in [0.1, 0.15) is 30.8 Å². The third-order valence-corrected chi connectivity index (χ3v) is 3.16. The van der Waals surface area contributed by atoms with Gasteiger partial charge in [0.05, 0.1) is 6.04 Å². The van der Waals surface area contributed by atoms with E-state index in [-0.39, 0.29) is 6.04 Å². The van der Waals surface area contributed by atoms with Gasteiger partial charge in [-0.3, -0.25) is 0 Å². The lowest BCUT2D eigenvalue weighted by atomic mass is 10.1. The Morgan fingerprint density at radius 2 is 2.21 bits per heavy atom. The number of aryl methyl sites for hydroxylation is 1. The zero-order valence-corrected chi connectivity index (χ0v) is 11.5. The van der Waals surface area contributed by atoms with Crippen molar-refractivity contribution in [3.8, 4) is 0 Å². The van der Waals surface area contributed by atoms with Crippen molar-refractivity contribution < 1.29 is 0 Å². The number of nitrogens with two attached hydrogens (primary N) is 1. The molecule has 1 atom stereocenters. The fourth-order valence-electron chi connectivity index (χ4n) is 2.13. The van der Waals surface area contributed by atoms with E-state index in [9.17, 15) is 0 Å². The van der Waals surface area contributed by atoms with E-state index >= 15 is 0 Å². The van der Waals surface area contributed by atoms with Crippen molar-refractivity contribution in [1.29, 1.82) is 0 Å². The Morgan fingerprint density at radius 3 is 2.84 bits per heavy atom. The van der Waals surface area contributed by atoms with Gasteiger partial charge in [-0.05, 0) is 31.0 Å². The number of imidazole rings is 1. The summed E-state index contributed by atoms with van der Waals surface area (Å²) >= 11 is 0. The highest BCUT2D eigenvalue weighted by Crippen LogP contribution is 2.19. The van der Waals surface area contributed by atoms with E-state index in [0.29, 0.717) is 5.82 Å². The van der Waals surface area contributed by atoms with Gasteiger partial charge in [-0.1, -0.05) is 13.0 Å². The predicted molar refractivity (Wildman–Crippen MR) is 76.6 cm³/mol. The van der Waals surface area contributed by atoms with Crippen molar-refractivity contribution in [3.05, 3.63) is 42.1 Å². The molecule has 0 fully saturated rings. The lowest BCUT2D eigenvalue weighted by Crippen LogP contribution is -2.27. The maximum Gasteiger partial charge on any atom is 0.126 e. The van der Waals surface area contributed by atoms with Gasteiger partial charge < -0.3 is 15.6 Å². The van der Waals surface area contributed by atoms with Crippen LogP contribution in [-0.4, -0.2) is 21.1 Å². The molecule has 1 unspecified atom stereocenters. The van der Waals surface area contributed by atoms with Crippen molar-refractivity contribution in [2.24, 2.45) is 7.05 Å². The number of nitrogen functional groups attached to an aromatic ring is 1. The van der Waals surface area contributed by atoms with Gasteiger partial charge in [0.2, 0.25) is 0 Å². The number of hydrogen-bond donors (Lipinski definition) is 2. The smallest absolute Gasteiger partial charge is 0.126 e. The topological polar surface area (TPSA) is 68.8 Å². The second kappa shape index (κ2) is 6.33. The number of nitrogens with zero attached hydrogens (tertiary/aromatic N) is 3. The molecule has 2 heterocycles. The number of anilines is 1. The first-order valence-electron chi connectivity index (χ1n) is 6.62. The van der Waals surface area contributed by atoms with Crippen LogP contribution in [0.25, 0.3) is 0 Å². The summed E-state index contributed by atoms with van der Waals surface area (Å²) in [5.74, 6) is 1.62. The molecule has 0 aliphatic carbocycles. The van der Waals surface area contributed by atoms with E-state index in [1.165, 1.54) is 0 Å². The summed E-state index contributed by atoms with van der Waals surface area (Å²) in [4.78, 5) is 8.57. The second-order valence-electron chi connectivity index (χ2n) is 4.65. The normalized spacial score (nSPS) is 12.5. The Bertz CT molecular complexity index is 520. The first-order chi connectivity index (χ1) is 9.22.